The summed E-state index contributed by atoms with van der Waals surface area (Å²) >= 11 is 2.56. The molecule has 150 valence electrons. The van der Waals surface area contributed by atoms with Crippen molar-refractivity contribution in [1.29, 1.82) is 0 Å². The first-order valence-corrected chi connectivity index (χ1v) is 11.0. The van der Waals surface area contributed by atoms with E-state index in [-0.39, 0.29) is 17.6 Å². The molecule has 0 aliphatic carbocycles. The van der Waals surface area contributed by atoms with Crippen molar-refractivity contribution < 1.29 is 9.59 Å². The topological polar surface area (TPSA) is 84.0 Å². The minimum absolute atomic E-state index is 0.0538. The van der Waals surface area contributed by atoms with Crippen LogP contribution in [0.1, 0.15) is 27.0 Å². The molecule has 3 aromatic rings. The molecule has 0 bridgehead atoms. The lowest BCUT2D eigenvalue weighted by atomic mass is 10.1. The quantitative estimate of drug-likeness (QED) is 0.422. The van der Waals surface area contributed by atoms with Gasteiger partial charge in [0.25, 0.3) is 5.91 Å². The van der Waals surface area contributed by atoms with Crippen LogP contribution in [-0.2, 0) is 11.2 Å². The average molecular weight is 427 g/mol. The molecule has 0 spiro atoms. The van der Waals surface area contributed by atoms with Crippen LogP contribution >= 0.6 is 23.1 Å². The number of aromatic nitrogens is 2. The summed E-state index contributed by atoms with van der Waals surface area (Å²) < 4.78 is 0.638. The Bertz CT molecular complexity index is 989. The molecule has 0 unspecified atom stereocenters. The third-order valence-electron chi connectivity index (χ3n) is 4.30. The summed E-state index contributed by atoms with van der Waals surface area (Å²) in [5.41, 5.74) is 3.96. The predicted octanol–water partition coefficient (Wildman–Crippen LogP) is 3.86. The number of amides is 2. The number of thioether (sulfide) groups is 1. The fourth-order valence-electron chi connectivity index (χ4n) is 2.54. The lowest BCUT2D eigenvalue weighted by molar-refractivity contribution is -0.118. The summed E-state index contributed by atoms with van der Waals surface area (Å²) in [6.07, 6.45) is 0.796. The van der Waals surface area contributed by atoms with Crippen LogP contribution in [0.25, 0.3) is 0 Å². The van der Waals surface area contributed by atoms with Gasteiger partial charge in [-0.3, -0.25) is 14.9 Å². The molecule has 29 heavy (non-hydrogen) atoms. The molecule has 2 aromatic carbocycles. The van der Waals surface area contributed by atoms with Crippen LogP contribution in [0, 0.1) is 13.8 Å². The number of anilines is 1. The second kappa shape index (κ2) is 10.2. The maximum absolute atomic E-state index is 12.3. The molecule has 0 saturated heterocycles. The van der Waals surface area contributed by atoms with Gasteiger partial charge in [0, 0.05) is 12.1 Å². The molecule has 2 amide bonds. The largest absolute Gasteiger partial charge is 0.355 e. The summed E-state index contributed by atoms with van der Waals surface area (Å²) in [7, 11) is 0. The lowest BCUT2D eigenvalue weighted by Crippen LogP contribution is -2.27. The van der Waals surface area contributed by atoms with Crippen molar-refractivity contribution in [3.05, 3.63) is 70.8 Å². The molecule has 3 rings (SSSR count). The molecule has 2 N–H and O–H groups in total. The third kappa shape index (κ3) is 6.40. The van der Waals surface area contributed by atoms with E-state index >= 15 is 0 Å². The second-order valence-corrected chi connectivity index (χ2v) is 8.70. The first-order valence-electron chi connectivity index (χ1n) is 9.17. The summed E-state index contributed by atoms with van der Waals surface area (Å²) in [5, 5.41) is 14.1. The van der Waals surface area contributed by atoms with Gasteiger partial charge in [-0.05, 0) is 49.1 Å². The van der Waals surface area contributed by atoms with Gasteiger partial charge in [-0.15, -0.1) is 10.2 Å². The Morgan fingerprint density at radius 1 is 1.03 bits per heavy atom. The Balaban J connectivity index is 1.43. The number of benzene rings is 2. The second-order valence-electron chi connectivity index (χ2n) is 6.50. The molecule has 0 atom stereocenters. The number of hydrogen-bond donors (Lipinski definition) is 2. The Kier molecular flexibility index (Phi) is 7.37. The third-order valence-corrected chi connectivity index (χ3v) is 6.27. The van der Waals surface area contributed by atoms with Crippen LogP contribution in [0.2, 0.25) is 0 Å². The number of rotatable bonds is 8. The highest BCUT2D eigenvalue weighted by atomic mass is 32.2. The van der Waals surface area contributed by atoms with E-state index in [4.69, 9.17) is 0 Å². The van der Waals surface area contributed by atoms with E-state index in [0.717, 1.165) is 17.5 Å². The minimum Gasteiger partial charge on any atom is -0.355 e. The Hall–Kier alpha value is -2.71. The van der Waals surface area contributed by atoms with Crippen molar-refractivity contribution in [2.75, 3.05) is 17.6 Å². The summed E-state index contributed by atoms with van der Waals surface area (Å²) in [6.45, 7) is 4.57. The van der Waals surface area contributed by atoms with E-state index in [1.165, 1.54) is 28.7 Å². The van der Waals surface area contributed by atoms with Crippen LogP contribution in [0.5, 0.6) is 0 Å². The standard InChI is InChI=1S/C21H22N4O2S2/c1-14-8-9-17(12-15(14)2)19(27)23-20-24-25-21(29-20)28-13-18(26)22-11-10-16-6-4-3-5-7-16/h3-9,12H,10-11,13H2,1-2H3,(H,22,26)(H,23,24,27). The fraction of sp³-hybridized carbons (Fsp3) is 0.238. The van der Waals surface area contributed by atoms with E-state index in [2.05, 4.69) is 20.8 Å². The van der Waals surface area contributed by atoms with E-state index < -0.39 is 0 Å². The van der Waals surface area contributed by atoms with Crippen LogP contribution in [0.4, 0.5) is 5.13 Å². The zero-order valence-corrected chi connectivity index (χ0v) is 17.9. The monoisotopic (exact) mass is 426 g/mol. The minimum atomic E-state index is -0.223. The van der Waals surface area contributed by atoms with Gasteiger partial charge in [-0.2, -0.15) is 0 Å². The Morgan fingerprint density at radius 2 is 1.83 bits per heavy atom. The van der Waals surface area contributed by atoms with Crippen molar-refractivity contribution >= 4 is 40.0 Å². The van der Waals surface area contributed by atoms with Crippen molar-refractivity contribution in [3.63, 3.8) is 0 Å². The molecule has 0 fully saturated rings. The first-order chi connectivity index (χ1) is 14.0. The highest BCUT2D eigenvalue weighted by Crippen LogP contribution is 2.25. The number of aryl methyl sites for hydroxylation is 2. The zero-order chi connectivity index (χ0) is 20.6. The maximum Gasteiger partial charge on any atom is 0.257 e. The van der Waals surface area contributed by atoms with E-state index in [1.54, 1.807) is 6.07 Å². The van der Waals surface area contributed by atoms with Gasteiger partial charge >= 0.3 is 0 Å². The first kappa shape index (κ1) is 21.0. The van der Waals surface area contributed by atoms with Crippen LogP contribution in [-0.4, -0.2) is 34.3 Å². The molecule has 6 nitrogen and oxygen atoms in total. The van der Waals surface area contributed by atoms with E-state index in [0.29, 0.717) is 21.6 Å². The Morgan fingerprint density at radius 3 is 2.59 bits per heavy atom. The highest BCUT2D eigenvalue weighted by Gasteiger charge is 2.12. The van der Waals surface area contributed by atoms with Crippen LogP contribution in [0.3, 0.4) is 0 Å². The van der Waals surface area contributed by atoms with Gasteiger partial charge < -0.3 is 5.32 Å². The van der Waals surface area contributed by atoms with Gasteiger partial charge in [0.05, 0.1) is 5.75 Å². The highest BCUT2D eigenvalue weighted by molar-refractivity contribution is 8.01. The normalized spacial score (nSPS) is 10.6. The van der Waals surface area contributed by atoms with Gasteiger partial charge in [-0.25, -0.2) is 0 Å². The van der Waals surface area contributed by atoms with Crippen molar-refractivity contribution in [2.24, 2.45) is 0 Å². The molecule has 8 heteroatoms. The summed E-state index contributed by atoms with van der Waals surface area (Å²) in [4.78, 5) is 24.3. The van der Waals surface area contributed by atoms with Crippen LogP contribution in [0.15, 0.2) is 52.9 Å². The number of nitrogens with zero attached hydrogens (tertiary/aromatic N) is 2. The molecule has 0 radical (unpaired) electrons. The summed E-state index contributed by atoms with van der Waals surface area (Å²) in [6, 6.07) is 15.6. The molecular formula is C21H22N4O2S2. The van der Waals surface area contributed by atoms with Gasteiger partial charge in [0.1, 0.15) is 0 Å². The molecular weight excluding hydrogens is 404 g/mol. The van der Waals surface area contributed by atoms with Crippen LogP contribution < -0.4 is 10.6 Å². The van der Waals surface area contributed by atoms with E-state index in [9.17, 15) is 9.59 Å². The Labute approximate surface area is 178 Å². The maximum atomic E-state index is 12.3. The van der Waals surface area contributed by atoms with Crippen molar-refractivity contribution in [2.45, 2.75) is 24.6 Å². The van der Waals surface area contributed by atoms with E-state index in [1.807, 2.05) is 56.3 Å². The molecule has 0 aliphatic heterocycles. The number of nitrogens with one attached hydrogen (secondary N) is 2. The summed E-state index contributed by atoms with van der Waals surface area (Å²) in [5.74, 6) is -0.0181. The van der Waals surface area contributed by atoms with Crippen molar-refractivity contribution in [1.82, 2.24) is 15.5 Å². The number of carbonyl (C=O) groups is 2. The zero-order valence-electron chi connectivity index (χ0n) is 16.3. The fourth-order valence-corrected chi connectivity index (χ4v) is 4.12. The van der Waals surface area contributed by atoms with Gasteiger partial charge in [0.2, 0.25) is 11.0 Å². The number of hydrogen-bond acceptors (Lipinski definition) is 6. The van der Waals surface area contributed by atoms with Gasteiger partial charge in [-0.1, -0.05) is 59.5 Å². The molecule has 0 aliphatic rings. The van der Waals surface area contributed by atoms with Crippen molar-refractivity contribution in [3.8, 4) is 0 Å². The SMILES string of the molecule is Cc1ccc(C(=O)Nc2nnc(SCC(=O)NCCc3ccccc3)s2)cc1C. The molecule has 1 aromatic heterocycles. The molecule has 0 saturated carbocycles. The molecule has 1 heterocycles. The smallest absolute Gasteiger partial charge is 0.257 e. The lowest BCUT2D eigenvalue weighted by Gasteiger charge is -2.04. The van der Waals surface area contributed by atoms with Gasteiger partial charge in [0.15, 0.2) is 4.34 Å². The number of carbonyl (C=O) groups excluding carboxylic acids is 2. The average Bonchev–Trinajstić information content (AvgIpc) is 3.16. The predicted molar refractivity (Wildman–Crippen MR) is 118 cm³/mol.